The lowest BCUT2D eigenvalue weighted by Gasteiger charge is -2.27. The van der Waals surface area contributed by atoms with Gasteiger partial charge in [-0.2, -0.15) is 5.10 Å². The fourth-order valence-electron chi connectivity index (χ4n) is 5.18. The summed E-state index contributed by atoms with van der Waals surface area (Å²) in [7, 11) is 0. The molecule has 4 aromatic rings. The van der Waals surface area contributed by atoms with Crippen LogP contribution in [0, 0.1) is 20.8 Å². The third kappa shape index (κ3) is 4.49. The number of aromatic hydroxyl groups is 1. The van der Waals surface area contributed by atoms with E-state index in [0.717, 1.165) is 33.4 Å². The second kappa shape index (κ2) is 10.2. The molecule has 7 heteroatoms. The number of phenols is 1. The fraction of sp³-hybridized carbons (Fsp3) is 0.290. The Labute approximate surface area is 223 Å². The number of nitrogens with zero attached hydrogens (tertiary/aromatic N) is 2. The van der Waals surface area contributed by atoms with Crippen molar-refractivity contribution in [2.75, 3.05) is 13.2 Å². The van der Waals surface area contributed by atoms with Crippen LogP contribution in [0.4, 0.5) is 0 Å². The summed E-state index contributed by atoms with van der Waals surface area (Å²) >= 11 is 0. The maximum absolute atomic E-state index is 13.8. The Kier molecular flexibility index (Phi) is 6.85. The molecule has 2 N–H and O–H groups in total. The first-order valence-electron chi connectivity index (χ1n) is 13.0. The molecule has 1 aromatic heterocycles. The molecule has 0 aliphatic carbocycles. The fourth-order valence-corrected chi connectivity index (χ4v) is 5.18. The molecule has 5 rings (SSSR count). The van der Waals surface area contributed by atoms with Gasteiger partial charge in [0.25, 0.3) is 5.91 Å². The lowest BCUT2D eigenvalue weighted by atomic mass is 9.93. The van der Waals surface area contributed by atoms with E-state index in [1.165, 1.54) is 0 Å². The number of aromatic nitrogens is 2. The monoisotopic (exact) mass is 511 g/mol. The summed E-state index contributed by atoms with van der Waals surface area (Å²) in [5.41, 5.74) is 7.18. The molecule has 3 aromatic carbocycles. The minimum Gasteiger partial charge on any atom is -0.507 e. The lowest BCUT2D eigenvalue weighted by Crippen LogP contribution is -2.29. The predicted molar refractivity (Wildman–Crippen MR) is 147 cm³/mol. The van der Waals surface area contributed by atoms with E-state index in [2.05, 4.69) is 22.3 Å². The summed E-state index contributed by atoms with van der Waals surface area (Å²) in [6.45, 7) is 11.2. The van der Waals surface area contributed by atoms with Gasteiger partial charge >= 0.3 is 0 Å². The van der Waals surface area contributed by atoms with Crippen molar-refractivity contribution < 1.29 is 19.4 Å². The molecule has 0 fully saturated rings. The number of carbonyl (C=O) groups is 1. The van der Waals surface area contributed by atoms with E-state index >= 15 is 0 Å². The van der Waals surface area contributed by atoms with Crippen molar-refractivity contribution in [3.8, 4) is 28.5 Å². The molecule has 7 nitrogen and oxygen atoms in total. The number of fused-ring (bicyclic) bond motifs is 1. The summed E-state index contributed by atoms with van der Waals surface area (Å²) < 4.78 is 11.7. The molecule has 0 spiro atoms. The highest BCUT2D eigenvalue weighted by molar-refractivity contribution is 6.00. The number of rotatable bonds is 8. The number of phenolic OH excluding ortho intramolecular Hbond substituents is 1. The average molecular weight is 512 g/mol. The van der Waals surface area contributed by atoms with Crippen molar-refractivity contribution in [2.45, 2.75) is 47.2 Å². The van der Waals surface area contributed by atoms with Crippen LogP contribution in [0.3, 0.4) is 0 Å². The normalized spacial score (nSPS) is 14.6. The van der Waals surface area contributed by atoms with E-state index in [4.69, 9.17) is 9.47 Å². The number of hydrogen-bond acceptors (Lipinski definition) is 5. The van der Waals surface area contributed by atoms with Crippen LogP contribution in [0.25, 0.3) is 11.3 Å². The maximum atomic E-state index is 13.8. The Bertz CT molecular complexity index is 1490. The van der Waals surface area contributed by atoms with Crippen LogP contribution < -0.4 is 9.47 Å². The van der Waals surface area contributed by atoms with Crippen LogP contribution in [0.15, 0.2) is 54.6 Å². The molecule has 1 aliphatic rings. The first-order chi connectivity index (χ1) is 18.3. The number of nitrogens with one attached hydrogen (secondary N) is 1. The van der Waals surface area contributed by atoms with Crippen LogP contribution >= 0.6 is 0 Å². The Morgan fingerprint density at radius 1 is 0.921 bits per heavy atom. The first kappa shape index (κ1) is 25.4. The molecule has 0 saturated carbocycles. The van der Waals surface area contributed by atoms with Gasteiger partial charge in [-0.05, 0) is 75.1 Å². The van der Waals surface area contributed by atoms with Crippen LogP contribution in [-0.4, -0.2) is 39.3 Å². The highest BCUT2D eigenvalue weighted by atomic mass is 16.5. The highest BCUT2D eigenvalue weighted by Crippen LogP contribution is 2.47. The molecule has 38 heavy (non-hydrogen) atoms. The molecular formula is C31H33N3O4. The zero-order valence-corrected chi connectivity index (χ0v) is 22.5. The lowest BCUT2D eigenvalue weighted by molar-refractivity contribution is 0.0729. The third-order valence-electron chi connectivity index (χ3n) is 6.92. The number of ether oxygens (including phenoxy) is 2. The Hall–Kier alpha value is -4.26. The Morgan fingerprint density at radius 2 is 1.63 bits per heavy atom. The van der Waals surface area contributed by atoms with E-state index in [-0.39, 0.29) is 11.7 Å². The minimum atomic E-state index is -0.442. The van der Waals surface area contributed by atoms with Crippen molar-refractivity contribution in [1.29, 1.82) is 0 Å². The van der Waals surface area contributed by atoms with Crippen molar-refractivity contribution >= 4 is 5.91 Å². The number of benzene rings is 3. The third-order valence-corrected chi connectivity index (χ3v) is 6.92. The Morgan fingerprint density at radius 3 is 2.34 bits per heavy atom. The van der Waals surface area contributed by atoms with Crippen molar-refractivity contribution in [3.63, 3.8) is 0 Å². The van der Waals surface area contributed by atoms with Crippen molar-refractivity contribution in [1.82, 2.24) is 15.1 Å². The quantitative estimate of drug-likeness (QED) is 0.292. The van der Waals surface area contributed by atoms with E-state index < -0.39 is 6.04 Å². The van der Waals surface area contributed by atoms with Gasteiger partial charge in [0.2, 0.25) is 0 Å². The van der Waals surface area contributed by atoms with Gasteiger partial charge < -0.3 is 19.5 Å². The van der Waals surface area contributed by atoms with Crippen molar-refractivity contribution in [2.24, 2.45) is 0 Å². The van der Waals surface area contributed by atoms with Gasteiger partial charge in [-0.15, -0.1) is 0 Å². The standard InChI is InChI=1S/C31H33N3O4/c1-6-37-24-13-12-22(16-25(24)38-7-2)29-26-27(23-15-19(4)14-20(5)30(23)35)32-33-28(26)31(36)34(29)17-21-10-8-18(3)9-11-21/h8-16,29,35H,6-7,17H2,1-5H3,(H,32,33). The molecule has 1 unspecified atom stereocenters. The predicted octanol–water partition coefficient (Wildman–Crippen LogP) is 6.25. The zero-order chi connectivity index (χ0) is 27.0. The van der Waals surface area contributed by atoms with Crippen molar-refractivity contribution in [3.05, 3.63) is 93.7 Å². The summed E-state index contributed by atoms with van der Waals surface area (Å²) in [6, 6.07) is 17.4. The van der Waals surface area contributed by atoms with Crippen LogP contribution in [0.2, 0.25) is 0 Å². The van der Waals surface area contributed by atoms with Crippen LogP contribution in [0.1, 0.15) is 63.8 Å². The number of aryl methyl sites for hydroxylation is 3. The van der Waals surface area contributed by atoms with Gasteiger partial charge in [0, 0.05) is 17.7 Å². The number of hydrogen-bond donors (Lipinski definition) is 2. The van der Waals surface area contributed by atoms with Crippen LogP contribution in [0.5, 0.6) is 17.2 Å². The van der Waals surface area contributed by atoms with Crippen LogP contribution in [-0.2, 0) is 6.54 Å². The van der Waals surface area contributed by atoms with Gasteiger partial charge in [-0.25, -0.2) is 0 Å². The van der Waals surface area contributed by atoms with Gasteiger partial charge in [0.05, 0.1) is 19.3 Å². The molecule has 1 atom stereocenters. The van der Waals surface area contributed by atoms with E-state index in [1.54, 1.807) is 0 Å². The maximum Gasteiger partial charge on any atom is 0.273 e. The highest BCUT2D eigenvalue weighted by Gasteiger charge is 2.43. The molecule has 196 valence electrons. The molecule has 1 aliphatic heterocycles. The molecular weight excluding hydrogens is 478 g/mol. The summed E-state index contributed by atoms with van der Waals surface area (Å²) in [6.07, 6.45) is 0. The number of aromatic amines is 1. The molecule has 0 saturated heterocycles. The van der Waals surface area contributed by atoms with E-state index in [1.807, 2.05) is 82.0 Å². The summed E-state index contributed by atoms with van der Waals surface area (Å²) in [4.78, 5) is 15.7. The van der Waals surface area contributed by atoms with Gasteiger partial charge in [0.1, 0.15) is 17.1 Å². The summed E-state index contributed by atoms with van der Waals surface area (Å²) in [5, 5.41) is 18.5. The van der Waals surface area contributed by atoms with E-state index in [9.17, 15) is 9.90 Å². The van der Waals surface area contributed by atoms with Gasteiger partial charge in [-0.3, -0.25) is 9.89 Å². The Balaban J connectivity index is 1.69. The smallest absolute Gasteiger partial charge is 0.273 e. The molecule has 0 bridgehead atoms. The zero-order valence-electron chi connectivity index (χ0n) is 22.5. The number of H-pyrrole nitrogens is 1. The molecule has 0 radical (unpaired) electrons. The summed E-state index contributed by atoms with van der Waals surface area (Å²) in [5.74, 6) is 1.31. The topological polar surface area (TPSA) is 87.7 Å². The SMILES string of the molecule is CCOc1ccc(C2c3c(-c4cc(C)cc(C)c4O)n[nH]c3C(=O)N2Cc2ccc(C)cc2)cc1OCC. The minimum absolute atomic E-state index is 0.139. The molecule has 2 heterocycles. The van der Waals surface area contributed by atoms with Gasteiger partial charge in [-0.1, -0.05) is 42.0 Å². The second-order valence-electron chi connectivity index (χ2n) is 9.73. The number of carbonyl (C=O) groups excluding carboxylic acids is 1. The number of amides is 1. The largest absolute Gasteiger partial charge is 0.507 e. The van der Waals surface area contributed by atoms with E-state index in [0.29, 0.717) is 48.2 Å². The molecule has 1 amide bonds. The second-order valence-corrected chi connectivity index (χ2v) is 9.73. The van der Waals surface area contributed by atoms with Gasteiger partial charge in [0.15, 0.2) is 11.5 Å². The average Bonchev–Trinajstić information content (AvgIpc) is 3.43. The first-order valence-corrected chi connectivity index (χ1v) is 13.0.